The largest absolute Gasteiger partial charge is 0.281 e. The lowest BCUT2D eigenvalue weighted by Gasteiger charge is -2.26. The highest BCUT2D eigenvalue weighted by atomic mass is 32.1. The average Bonchev–Trinajstić information content (AvgIpc) is 3.69. The van der Waals surface area contributed by atoms with E-state index >= 15 is 0 Å². The van der Waals surface area contributed by atoms with Crippen LogP contribution in [0.4, 0.5) is 5.69 Å². The second-order valence-electron chi connectivity index (χ2n) is 10.8. The van der Waals surface area contributed by atoms with Crippen LogP contribution in [0, 0.1) is 5.92 Å². The van der Waals surface area contributed by atoms with Gasteiger partial charge in [0.05, 0.1) is 5.69 Å². The molecule has 3 aliphatic rings. The van der Waals surface area contributed by atoms with Crippen LogP contribution in [0.25, 0.3) is 33.2 Å². The summed E-state index contributed by atoms with van der Waals surface area (Å²) in [7, 11) is 0. The van der Waals surface area contributed by atoms with E-state index in [1.807, 2.05) is 18.2 Å². The van der Waals surface area contributed by atoms with Crippen LogP contribution in [-0.2, 0) is 24.1 Å². The Morgan fingerprint density at radius 1 is 0.789 bits per heavy atom. The van der Waals surface area contributed by atoms with Crippen LogP contribution in [0.1, 0.15) is 59.2 Å². The molecule has 0 aliphatic heterocycles. The maximum Gasteiger partial charge on any atom is 0.253 e. The van der Waals surface area contributed by atoms with Crippen LogP contribution < -0.4 is 5.06 Å². The van der Waals surface area contributed by atoms with Crippen molar-refractivity contribution in [3.05, 3.63) is 99.9 Å². The number of carbonyl (C=O) groups excluding carboxylic acids is 1. The molecule has 0 radical (unpaired) electrons. The number of hydrogen-bond donors (Lipinski definition) is 1. The number of carbonyl (C=O) groups is 1. The van der Waals surface area contributed by atoms with Gasteiger partial charge in [-0.25, -0.2) is 0 Å². The number of benzene rings is 3. The molecule has 1 amide bonds. The summed E-state index contributed by atoms with van der Waals surface area (Å²) in [6.45, 7) is 0. The topological polar surface area (TPSA) is 40.5 Å². The number of fused-ring (bicyclic) bond motifs is 5. The monoisotopic (exact) mass is 517 g/mol. The minimum Gasteiger partial charge on any atom is -0.281 e. The van der Waals surface area contributed by atoms with Crippen molar-refractivity contribution in [2.24, 2.45) is 5.92 Å². The van der Waals surface area contributed by atoms with Crippen molar-refractivity contribution >= 4 is 34.6 Å². The molecule has 38 heavy (non-hydrogen) atoms. The van der Waals surface area contributed by atoms with Gasteiger partial charge in [-0.2, -0.15) is 5.06 Å². The Kier molecular flexibility index (Phi) is 6.02. The maximum absolute atomic E-state index is 12.7. The molecule has 4 aromatic rings. The van der Waals surface area contributed by atoms with E-state index in [9.17, 15) is 10.0 Å². The third-order valence-electron chi connectivity index (χ3n) is 8.60. The molecule has 0 spiro atoms. The smallest absolute Gasteiger partial charge is 0.253 e. The highest BCUT2D eigenvalue weighted by Gasteiger charge is 2.28. The maximum atomic E-state index is 12.7. The predicted octanol–water partition coefficient (Wildman–Crippen LogP) is 8.58. The molecular weight excluding hydrogens is 486 g/mol. The minimum absolute atomic E-state index is 0.0570. The second kappa shape index (κ2) is 9.68. The summed E-state index contributed by atoms with van der Waals surface area (Å²) in [6.07, 6.45) is 10.7. The van der Waals surface area contributed by atoms with Crippen molar-refractivity contribution in [1.29, 1.82) is 0 Å². The number of aryl methyl sites for hydroxylation is 1. The van der Waals surface area contributed by atoms with Crippen molar-refractivity contribution in [1.82, 2.24) is 0 Å². The van der Waals surface area contributed by atoms with Gasteiger partial charge in [0.15, 0.2) is 0 Å². The van der Waals surface area contributed by atoms with Crippen LogP contribution in [0.3, 0.4) is 0 Å². The molecule has 4 heteroatoms. The predicted molar refractivity (Wildman–Crippen MR) is 156 cm³/mol. The highest BCUT2D eigenvalue weighted by Crippen LogP contribution is 2.42. The molecular formula is C34H31NO2S. The summed E-state index contributed by atoms with van der Waals surface area (Å²) in [5, 5.41) is 11.5. The molecule has 0 bridgehead atoms. The van der Waals surface area contributed by atoms with Crippen molar-refractivity contribution in [2.45, 2.75) is 51.4 Å². The lowest BCUT2D eigenvalue weighted by Crippen LogP contribution is -2.32. The Morgan fingerprint density at radius 3 is 2.50 bits per heavy atom. The molecule has 3 aliphatic carbocycles. The molecule has 1 heterocycles. The summed E-state index contributed by atoms with van der Waals surface area (Å²) in [4.78, 5) is 15.2. The van der Waals surface area contributed by atoms with Crippen molar-refractivity contribution in [2.75, 3.05) is 5.06 Å². The first kappa shape index (κ1) is 23.6. The molecule has 3 nitrogen and oxygen atoms in total. The van der Waals surface area contributed by atoms with E-state index in [-0.39, 0.29) is 11.8 Å². The molecule has 1 fully saturated rings. The van der Waals surface area contributed by atoms with E-state index in [2.05, 4.69) is 60.7 Å². The van der Waals surface area contributed by atoms with Gasteiger partial charge >= 0.3 is 0 Å². The first-order valence-corrected chi connectivity index (χ1v) is 14.6. The minimum atomic E-state index is -0.178. The summed E-state index contributed by atoms with van der Waals surface area (Å²) in [5.41, 5.74) is 11.7. The Bertz CT molecular complexity index is 1570. The molecule has 0 unspecified atom stereocenters. The molecule has 1 saturated carbocycles. The molecule has 3 aromatic carbocycles. The van der Waals surface area contributed by atoms with E-state index in [0.717, 1.165) is 66.9 Å². The van der Waals surface area contributed by atoms with E-state index in [1.165, 1.54) is 38.3 Å². The van der Waals surface area contributed by atoms with Gasteiger partial charge in [-0.1, -0.05) is 67.4 Å². The zero-order valence-electron chi connectivity index (χ0n) is 21.5. The van der Waals surface area contributed by atoms with Crippen LogP contribution in [0.2, 0.25) is 0 Å². The molecule has 190 valence electrons. The third-order valence-corrected chi connectivity index (χ3v) is 9.81. The third kappa shape index (κ3) is 4.13. The standard InChI is InChI=1S/C34H31NO2S/c36-34(23-7-1-2-8-23)35(37)27-10-5-9-25(21-27)32-18-19-33(38-32)26-14-15-29-24(20-26)13-17-30-28-11-4-3-6-22(28)12-16-31(29)30/h3-6,9-11,13,17-21,23,37H,1-2,7-8,12,14-16H2. The quantitative estimate of drug-likeness (QED) is 0.218. The summed E-state index contributed by atoms with van der Waals surface area (Å²) in [6, 6.07) is 25.6. The van der Waals surface area contributed by atoms with Crippen molar-refractivity contribution in [3.8, 4) is 21.6 Å². The zero-order valence-corrected chi connectivity index (χ0v) is 22.3. The number of allylic oxidation sites excluding steroid dienone is 1. The van der Waals surface area contributed by atoms with Crippen molar-refractivity contribution in [3.63, 3.8) is 0 Å². The highest BCUT2D eigenvalue weighted by molar-refractivity contribution is 7.16. The number of amides is 1. The fraction of sp³-hybridized carbons (Fsp3) is 0.265. The Morgan fingerprint density at radius 2 is 1.61 bits per heavy atom. The number of rotatable bonds is 4. The Balaban J connectivity index is 1.15. The van der Waals surface area contributed by atoms with E-state index in [0.29, 0.717) is 5.69 Å². The Hall–Kier alpha value is -3.47. The number of nitrogens with zero attached hydrogens (tertiary/aromatic N) is 1. The summed E-state index contributed by atoms with van der Waals surface area (Å²) in [5.74, 6) is -0.235. The molecule has 7 rings (SSSR count). The second-order valence-corrected chi connectivity index (χ2v) is 11.9. The van der Waals surface area contributed by atoms with Gasteiger partial charge in [0.25, 0.3) is 5.91 Å². The van der Waals surface area contributed by atoms with Gasteiger partial charge in [-0.15, -0.1) is 11.3 Å². The van der Waals surface area contributed by atoms with Gasteiger partial charge < -0.3 is 0 Å². The van der Waals surface area contributed by atoms with Crippen LogP contribution in [0.5, 0.6) is 0 Å². The van der Waals surface area contributed by atoms with Crippen LogP contribution in [0.15, 0.2) is 72.8 Å². The zero-order chi connectivity index (χ0) is 25.6. The SMILES string of the molecule is O=C(C1CCCC1)N(O)c1cccc(-c2ccc(C3=Cc4ccc5c(c4CC3)CCc3ccccc3-5)s2)c1. The average molecular weight is 518 g/mol. The fourth-order valence-corrected chi connectivity index (χ4v) is 7.63. The van der Waals surface area contributed by atoms with Gasteiger partial charge in [-0.05, 0) is 107 Å². The number of hydrogen-bond acceptors (Lipinski definition) is 3. The first-order chi connectivity index (χ1) is 18.7. The number of hydroxylamine groups is 1. The Labute approximate surface area is 228 Å². The first-order valence-electron chi connectivity index (χ1n) is 13.8. The lowest BCUT2D eigenvalue weighted by molar-refractivity contribution is -0.127. The molecule has 1 N–H and O–H groups in total. The summed E-state index contributed by atoms with van der Waals surface area (Å²) >= 11 is 1.79. The molecule has 1 aromatic heterocycles. The normalized spacial score (nSPS) is 16.4. The fourth-order valence-electron chi connectivity index (χ4n) is 6.58. The van der Waals surface area contributed by atoms with Gasteiger partial charge in [0, 0.05) is 15.7 Å². The van der Waals surface area contributed by atoms with Crippen LogP contribution in [-0.4, -0.2) is 11.1 Å². The van der Waals surface area contributed by atoms with E-state index < -0.39 is 0 Å². The van der Waals surface area contributed by atoms with E-state index in [1.54, 1.807) is 16.9 Å². The van der Waals surface area contributed by atoms with Crippen LogP contribution >= 0.6 is 11.3 Å². The lowest BCUT2D eigenvalue weighted by atomic mass is 9.78. The number of anilines is 1. The van der Waals surface area contributed by atoms with Gasteiger partial charge in [-0.3, -0.25) is 10.0 Å². The van der Waals surface area contributed by atoms with E-state index in [4.69, 9.17) is 0 Å². The molecule has 0 saturated heterocycles. The van der Waals surface area contributed by atoms with Gasteiger partial charge in [0.1, 0.15) is 0 Å². The van der Waals surface area contributed by atoms with Crippen molar-refractivity contribution < 1.29 is 10.0 Å². The molecule has 0 atom stereocenters. The van der Waals surface area contributed by atoms with Gasteiger partial charge in [0.2, 0.25) is 0 Å². The summed E-state index contributed by atoms with van der Waals surface area (Å²) < 4.78 is 0. The number of thiophene rings is 1.